The number of nitrogens with one attached hydrogen (secondary N) is 1. The van der Waals surface area contributed by atoms with Gasteiger partial charge in [-0.1, -0.05) is 12.1 Å². The summed E-state index contributed by atoms with van der Waals surface area (Å²) in [5.74, 6) is -0.238. The van der Waals surface area contributed by atoms with E-state index in [1.165, 1.54) is 6.08 Å². The molecule has 1 fully saturated rings. The van der Waals surface area contributed by atoms with E-state index < -0.39 is 15.4 Å². The molecule has 1 aliphatic rings. The number of benzene rings is 1. The average Bonchev–Trinajstić information content (AvgIpc) is 2.78. The topological polar surface area (TPSA) is 89.0 Å². The number of hydrogen-bond donors (Lipinski definition) is 1. The van der Waals surface area contributed by atoms with Crippen LogP contribution in [0.4, 0.5) is 0 Å². The minimum absolute atomic E-state index is 0.0185. The van der Waals surface area contributed by atoms with Gasteiger partial charge in [0.15, 0.2) is 9.84 Å². The molecule has 2 heterocycles. The second kappa shape index (κ2) is 5.73. The molecule has 120 valence electrons. The Morgan fingerprint density at radius 1 is 1.30 bits per heavy atom. The summed E-state index contributed by atoms with van der Waals surface area (Å²) in [4.78, 5) is 20.7. The molecule has 0 aliphatic carbocycles. The second-order valence-electron chi connectivity index (χ2n) is 6.01. The Morgan fingerprint density at radius 2 is 2.04 bits per heavy atom. The van der Waals surface area contributed by atoms with Crippen molar-refractivity contribution in [1.82, 2.24) is 15.3 Å². The third-order valence-electron chi connectivity index (χ3n) is 3.80. The van der Waals surface area contributed by atoms with Crippen LogP contribution in [-0.2, 0) is 14.6 Å². The van der Waals surface area contributed by atoms with E-state index in [-0.39, 0.29) is 17.4 Å². The Hall–Kier alpha value is -2.28. The highest BCUT2D eigenvalue weighted by molar-refractivity contribution is 7.91. The third-order valence-corrected chi connectivity index (χ3v) is 5.70. The van der Waals surface area contributed by atoms with E-state index in [1.54, 1.807) is 19.2 Å². The molecule has 6 nitrogen and oxygen atoms in total. The van der Waals surface area contributed by atoms with E-state index in [9.17, 15) is 13.2 Å². The summed E-state index contributed by atoms with van der Waals surface area (Å²) >= 11 is 0. The Bertz CT molecular complexity index is 892. The standard InChI is InChI=1S/C16H17N3O3S/c1-16(8-9-23(21,22)11-16)19-15(20)7-6-12-10-17-13-4-2-3-5-14(13)18-12/h2-7,10H,8-9,11H2,1H3,(H,19,20)/b7-6+. The van der Waals surface area contributed by atoms with E-state index in [2.05, 4.69) is 15.3 Å². The van der Waals surface area contributed by atoms with Crippen LogP contribution in [0.2, 0.25) is 0 Å². The average molecular weight is 331 g/mol. The monoisotopic (exact) mass is 331 g/mol. The molecule has 1 N–H and O–H groups in total. The van der Waals surface area contributed by atoms with Crippen molar-refractivity contribution in [3.63, 3.8) is 0 Å². The van der Waals surface area contributed by atoms with Crippen LogP contribution in [0, 0.1) is 0 Å². The Morgan fingerprint density at radius 3 is 2.74 bits per heavy atom. The minimum Gasteiger partial charge on any atom is -0.346 e. The molecule has 2 aromatic rings. The number of rotatable bonds is 3. The van der Waals surface area contributed by atoms with Gasteiger partial charge in [-0.3, -0.25) is 9.78 Å². The van der Waals surface area contributed by atoms with E-state index in [4.69, 9.17) is 0 Å². The predicted octanol–water partition coefficient (Wildman–Crippen LogP) is 1.34. The van der Waals surface area contributed by atoms with Crippen LogP contribution >= 0.6 is 0 Å². The lowest BCUT2D eigenvalue weighted by Crippen LogP contribution is -2.46. The number of para-hydroxylation sites is 2. The zero-order valence-corrected chi connectivity index (χ0v) is 13.5. The smallest absolute Gasteiger partial charge is 0.244 e. The fourth-order valence-corrected chi connectivity index (χ4v) is 4.75. The molecular formula is C16H17N3O3S. The van der Waals surface area contributed by atoms with Gasteiger partial charge in [0.1, 0.15) is 0 Å². The van der Waals surface area contributed by atoms with Crippen LogP contribution in [0.25, 0.3) is 17.1 Å². The van der Waals surface area contributed by atoms with Gasteiger partial charge in [-0.25, -0.2) is 13.4 Å². The van der Waals surface area contributed by atoms with Crippen molar-refractivity contribution in [1.29, 1.82) is 0 Å². The minimum atomic E-state index is -3.05. The first-order valence-corrected chi connectivity index (χ1v) is 9.10. The van der Waals surface area contributed by atoms with Crippen LogP contribution in [-0.4, -0.2) is 41.3 Å². The van der Waals surface area contributed by atoms with Gasteiger partial charge in [0.05, 0.1) is 40.0 Å². The van der Waals surface area contributed by atoms with E-state index in [0.29, 0.717) is 12.1 Å². The fourth-order valence-electron chi connectivity index (χ4n) is 2.66. The SMILES string of the molecule is CC1(NC(=O)/C=C/c2cnc3ccccc3n2)CCS(=O)(=O)C1. The van der Waals surface area contributed by atoms with Crippen LogP contribution in [0.3, 0.4) is 0 Å². The molecule has 1 unspecified atom stereocenters. The number of carbonyl (C=O) groups excluding carboxylic acids is 1. The molecule has 0 saturated carbocycles. The second-order valence-corrected chi connectivity index (χ2v) is 8.19. The van der Waals surface area contributed by atoms with Crippen molar-refractivity contribution >= 4 is 32.9 Å². The highest BCUT2D eigenvalue weighted by atomic mass is 32.2. The first-order chi connectivity index (χ1) is 10.9. The summed E-state index contributed by atoms with van der Waals surface area (Å²) in [5.41, 5.74) is 1.42. The van der Waals surface area contributed by atoms with Gasteiger partial charge < -0.3 is 5.32 Å². The highest BCUT2D eigenvalue weighted by Crippen LogP contribution is 2.22. The third kappa shape index (κ3) is 3.73. The maximum atomic E-state index is 12.0. The number of amides is 1. The molecule has 1 atom stereocenters. The number of hydrogen-bond acceptors (Lipinski definition) is 5. The zero-order valence-electron chi connectivity index (χ0n) is 12.7. The molecule has 1 aromatic carbocycles. The summed E-state index contributed by atoms with van der Waals surface area (Å²) in [6.07, 6.45) is 4.95. The summed E-state index contributed by atoms with van der Waals surface area (Å²) < 4.78 is 23.1. The van der Waals surface area contributed by atoms with Gasteiger partial charge in [0, 0.05) is 6.08 Å². The quantitative estimate of drug-likeness (QED) is 0.857. The van der Waals surface area contributed by atoms with Crippen molar-refractivity contribution in [2.75, 3.05) is 11.5 Å². The first kappa shape index (κ1) is 15.6. The van der Waals surface area contributed by atoms with Gasteiger partial charge in [0.2, 0.25) is 5.91 Å². The largest absolute Gasteiger partial charge is 0.346 e. The molecule has 1 amide bonds. The molecule has 1 aliphatic heterocycles. The van der Waals surface area contributed by atoms with Gasteiger partial charge in [-0.15, -0.1) is 0 Å². The Labute approximate surface area is 134 Å². The normalized spacial score (nSPS) is 23.3. The van der Waals surface area contributed by atoms with Crippen molar-refractivity contribution in [2.45, 2.75) is 18.9 Å². The Balaban J connectivity index is 1.70. The van der Waals surface area contributed by atoms with Crippen LogP contribution in [0.5, 0.6) is 0 Å². The van der Waals surface area contributed by atoms with E-state index >= 15 is 0 Å². The molecule has 0 radical (unpaired) electrons. The van der Waals surface area contributed by atoms with Gasteiger partial charge in [-0.05, 0) is 31.6 Å². The van der Waals surface area contributed by atoms with Crippen LogP contribution in [0.15, 0.2) is 36.5 Å². The van der Waals surface area contributed by atoms with E-state index in [0.717, 1.165) is 11.0 Å². The lowest BCUT2D eigenvalue weighted by atomic mass is 10.0. The molecule has 1 saturated heterocycles. The first-order valence-electron chi connectivity index (χ1n) is 7.28. The summed E-state index contributed by atoms with van der Waals surface area (Å²) in [7, 11) is -3.05. The predicted molar refractivity (Wildman–Crippen MR) is 88.4 cm³/mol. The molecule has 1 aromatic heterocycles. The summed E-state index contributed by atoms with van der Waals surface area (Å²) in [6, 6.07) is 7.48. The number of nitrogens with zero attached hydrogens (tertiary/aromatic N) is 2. The fraction of sp³-hybridized carbons (Fsp3) is 0.312. The van der Waals surface area contributed by atoms with Crippen LogP contribution < -0.4 is 5.32 Å². The van der Waals surface area contributed by atoms with Crippen molar-refractivity contribution in [3.05, 3.63) is 42.2 Å². The maximum Gasteiger partial charge on any atom is 0.244 e. The summed E-state index contributed by atoms with van der Waals surface area (Å²) in [6.45, 7) is 1.75. The van der Waals surface area contributed by atoms with Gasteiger partial charge in [0.25, 0.3) is 0 Å². The maximum absolute atomic E-state index is 12.0. The lowest BCUT2D eigenvalue weighted by molar-refractivity contribution is -0.117. The molecule has 0 spiro atoms. The Kier molecular flexibility index (Phi) is 3.89. The lowest BCUT2D eigenvalue weighted by Gasteiger charge is -2.22. The van der Waals surface area contributed by atoms with Gasteiger partial charge >= 0.3 is 0 Å². The van der Waals surface area contributed by atoms with Crippen molar-refractivity contribution in [2.24, 2.45) is 0 Å². The molecule has 0 bridgehead atoms. The number of fused-ring (bicyclic) bond motifs is 1. The zero-order chi connectivity index (χ0) is 16.5. The number of aromatic nitrogens is 2. The summed E-state index contributed by atoms with van der Waals surface area (Å²) in [5, 5.41) is 2.77. The molecule has 3 rings (SSSR count). The van der Waals surface area contributed by atoms with Crippen LogP contribution in [0.1, 0.15) is 19.0 Å². The van der Waals surface area contributed by atoms with Crippen molar-refractivity contribution < 1.29 is 13.2 Å². The molecule has 23 heavy (non-hydrogen) atoms. The number of sulfone groups is 1. The van der Waals surface area contributed by atoms with E-state index in [1.807, 2.05) is 24.3 Å². The number of carbonyl (C=O) groups is 1. The molecular weight excluding hydrogens is 314 g/mol. The van der Waals surface area contributed by atoms with Gasteiger partial charge in [-0.2, -0.15) is 0 Å². The molecule has 7 heteroatoms. The highest BCUT2D eigenvalue weighted by Gasteiger charge is 2.39. The van der Waals surface area contributed by atoms with Crippen molar-refractivity contribution in [3.8, 4) is 0 Å².